The molecule has 0 atom stereocenters. The van der Waals surface area contributed by atoms with Crippen LogP contribution in [0.3, 0.4) is 0 Å². The Morgan fingerprint density at radius 1 is 0.500 bits per heavy atom. The summed E-state index contributed by atoms with van der Waals surface area (Å²) in [5.41, 5.74) is 17.1. The summed E-state index contributed by atoms with van der Waals surface area (Å²) in [5, 5.41) is 0. The second-order valence-corrected chi connectivity index (χ2v) is 10.2. The van der Waals surface area contributed by atoms with E-state index in [1.54, 1.807) is 0 Å². The van der Waals surface area contributed by atoms with Crippen molar-refractivity contribution in [3.63, 3.8) is 0 Å². The van der Waals surface area contributed by atoms with Gasteiger partial charge in [-0.15, -0.1) is 0 Å². The van der Waals surface area contributed by atoms with Crippen molar-refractivity contribution < 1.29 is 18.9 Å². The van der Waals surface area contributed by atoms with Gasteiger partial charge in [0.2, 0.25) is 0 Å². The van der Waals surface area contributed by atoms with Crippen LogP contribution in [0.5, 0.6) is 23.0 Å². The van der Waals surface area contributed by atoms with Crippen LogP contribution in [0.25, 0.3) is 22.3 Å². The molecular formula is C32H36Br2N2O4S2. The molecule has 0 fully saturated rings. The maximum absolute atomic E-state index is 5.93. The molecule has 0 radical (unpaired) electrons. The van der Waals surface area contributed by atoms with Gasteiger partial charge in [0, 0.05) is 44.9 Å². The topological polar surface area (TPSA) is 89.0 Å². The highest BCUT2D eigenvalue weighted by molar-refractivity contribution is 9.11. The number of rotatable bonds is 10. The van der Waals surface area contributed by atoms with E-state index in [0.29, 0.717) is 26.4 Å². The fourth-order valence-corrected chi connectivity index (χ4v) is 4.80. The van der Waals surface area contributed by atoms with E-state index < -0.39 is 0 Å². The smallest absolute Gasteiger partial charge is 0.134 e. The van der Waals surface area contributed by atoms with Crippen molar-refractivity contribution >= 4 is 65.6 Å². The normalized spacial score (nSPS) is 9.95. The number of benzene rings is 4. The molecule has 224 valence electrons. The van der Waals surface area contributed by atoms with Gasteiger partial charge in [0.05, 0.1) is 35.4 Å². The summed E-state index contributed by atoms with van der Waals surface area (Å²) in [5.74, 6) is 3.27. The van der Waals surface area contributed by atoms with Crippen molar-refractivity contribution in [2.75, 3.05) is 37.9 Å². The first-order valence-electron chi connectivity index (χ1n) is 13.4. The van der Waals surface area contributed by atoms with Crippen molar-refractivity contribution in [2.24, 2.45) is 0 Å². The van der Waals surface area contributed by atoms with Gasteiger partial charge in [-0.1, -0.05) is 24.3 Å². The zero-order valence-corrected chi connectivity index (χ0v) is 28.9. The third kappa shape index (κ3) is 10.1. The lowest BCUT2D eigenvalue weighted by atomic mass is 9.97. The lowest BCUT2D eigenvalue weighted by molar-refractivity contribution is 0.327. The summed E-state index contributed by atoms with van der Waals surface area (Å²) < 4.78 is 24.5. The molecule has 0 unspecified atom stereocenters. The van der Waals surface area contributed by atoms with E-state index in [9.17, 15) is 0 Å². The predicted molar refractivity (Wildman–Crippen MR) is 187 cm³/mol. The number of halogens is 2. The highest BCUT2D eigenvalue weighted by Crippen LogP contribution is 2.41. The first-order chi connectivity index (χ1) is 20.3. The minimum absolute atomic E-state index is 0.580. The zero-order chi connectivity index (χ0) is 31.1. The third-order valence-corrected chi connectivity index (χ3v) is 6.95. The Labute approximate surface area is 275 Å². The Morgan fingerprint density at radius 3 is 1.07 bits per heavy atom. The van der Waals surface area contributed by atoms with Crippen LogP contribution in [-0.2, 0) is 22.4 Å². The molecule has 0 aliphatic rings. The van der Waals surface area contributed by atoms with E-state index >= 15 is 0 Å². The summed E-state index contributed by atoms with van der Waals surface area (Å²) in [6.07, 6.45) is 0. The van der Waals surface area contributed by atoms with E-state index in [1.807, 2.05) is 100 Å². The molecule has 0 aliphatic carbocycles. The van der Waals surface area contributed by atoms with Crippen molar-refractivity contribution in [3.05, 3.63) is 81.7 Å². The number of ether oxygens (including phenoxy) is 4. The summed E-state index contributed by atoms with van der Waals surface area (Å²) >= 11 is 14.2. The van der Waals surface area contributed by atoms with E-state index in [1.165, 1.54) is 0 Å². The average Bonchev–Trinajstić information content (AvgIpc) is 2.99. The molecule has 0 saturated heterocycles. The number of hydrogen-bond acceptors (Lipinski definition) is 8. The average molecular weight is 737 g/mol. The summed E-state index contributed by atoms with van der Waals surface area (Å²) in [7, 11) is 0. The minimum Gasteiger partial charge on any atom is -0.493 e. The Hall–Kier alpha value is -2.92. The maximum atomic E-state index is 5.93. The van der Waals surface area contributed by atoms with Crippen LogP contribution in [0.15, 0.2) is 81.7 Å². The lowest BCUT2D eigenvalue weighted by Gasteiger charge is -2.17. The second kappa shape index (κ2) is 18.6. The molecule has 0 amide bonds. The fourth-order valence-electron chi connectivity index (χ4n) is 3.93. The highest BCUT2D eigenvalue weighted by Gasteiger charge is 2.15. The van der Waals surface area contributed by atoms with Gasteiger partial charge in [0.1, 0.15) is 23.0 Å². The first kappa shape index (κ1) is 35.3. The Morgan fingerprint density at radius 2 is 0.786 bits per heavy atom. The van der Waals surface area contributed by atoms with Gasteiger partial charge in [-0.05, 0) is 119 Å². The van der Waals surface area contributed by atoms with Gasteiger partial charge in [0.25, 0.3) is 0 Å². The van der Waals surface area contributed by atoms with Crippen LogP contribution < -0.4 is 30.4 Å². The summed E-state index contributed by atoms with van der Waals surface area (Å²) in [6, 6.07) is 23.4. The molecule has 0 spiro atoms. The van der Waals surface area contributed by atoms with Gasteiger partial charge in [0.15, 0.2) is 0 Å². The summed E-state index contributed by atoms with van der Waals surface area (Å²) in [4.78, 5) is 0. The molecule has 4 aromatic rings. The monoisotopic (exact) mass is 734 g/mol. The Balaban J connectivity index is 0.000000326. The third-order valence-electron chi connectivity index (χ3n) is 5.71. The van der Waals surface area contributed by atoms with Crippen LogP contribution in [0, 0.1) is 0 Å². The summed E-state index contributed by atoms with van der Waals surface area (Å²) in [6.45, 7) is 10.3. The molecule has 4 N–H and O–H groups in total. The van der Waals surface area contributed by atoms with Gasteiger partial charge in [-0.25, -0.2) is 0 Å². The van der Waals surface area contributed by atoms with Gasteiger partial charge in [-0.3, -0.25) is 0 Å². The van der Waals surface area contributed by atoms with Gasteiger partial charge in [-0.2, -0.15) is 0 Å². The fraction of sp³-hybridized carbons (Fsp3) is 0.250. The van der Waals surface area contributed by atoms with Crippen molar-refractivity contribution in [1.82, 2.24) is 0 Å². The molecule has 10 heteroatoms. The molecule has 6 nitrogen and oxygen atoms in total. The molecule has 0 heterocycles. The standard InChI is InChI=1S/C22H24N2O2.C10H12Br2O2.S2/c1-3-25-21-13-20(16-7-11-18(24)12-8-16)22(26-4-2)14-19(21)15-5-9-17(23)10-6-15;1-3-13-9-5-8(12)10(14-4-2)6-7(9)11;1-2/h5-14H,3-4,23-24H2,1-2H3;5-6H,3-4H2,1-2H3;. The Kier molecular flexibility index (Phi) is 15.6. The second-order valence-electron chi connectivity index (χ2n) is 8.53. The van der Waals surface area contributed by atoms with Crippen LogP contribution in [0.2, 0.25) is 0 Å². The van der Waals surface area contributed by atoms with Crippen LogP contribution in [-0.4, -0.2) is 26.4 Å². The zero-order valence-electron chi connectivity index (χ0n) is 24.1. The van der Waals surface area contributed by atoms with E-state index in [-0.39, 0.29) is 0 Å². The number of anilines is 2. The first-order valence-corrected chi connectivity index (χ1v) is 16.3. The SMILES string of the molecule is CCOc1cc(-c2ccc(N)cc2)c(OCC)cc1-c1ccc(N)cc1.CCOc1cc(Br)c(OCC)cc1Br.S=S. The lowest BCUT2D eigenvalue weighted by Crippen LogP contribution is -1.99. The molecule has 4 aromatic carbocycles. The molecule has 0 saturated carbocycles. The number of hydrogen-bond donors (Lipinski definition) is 2. The quantitative estimate of drug-likeness (QED) is 0.156. The minimum atomic E-state index is 0.580. The van der Waals surface area contributed by atoms with Crippen molar-refractivity contribution in [2.45, 2.75) is 27.7 Å². The van der Waals surface area contributed by atoms with Crippen LogP contribution >= 0.6 is 31.9 Å². The largest absolute Gasteiger partial charge is 0.493 e. The molecule has 0 aromatic heterocycles. The molecule has 4 rings (SSSR count). The van der Waals surface area contributed by atoms with Gasteiger partial charge >= 0.3 is 0 Å². The Bertz CT molecular complexity index is 1300. The molecule has 0 bridgehead atoms. The molecule has 0 aliphatic heterocycles. The highest BCUT2D eigenvalue weighted by atomic mass is 79.9. The maximum Gasteiger partial charge on any atom is 0.134 e. The van der Waals surface area contributed by atoms with Crippen LogP contribution in [0.4, 0.5) is 11.4 Å². The van der Waals surface area contributed by atoms with E-state index in [0.717, 1.165) is 65.6 Å². The molecule has 42 heavy (non-hydrogen) atoms. The van der Waals surface area contributed by atoms with Crippen molar-refractivity contribution in [1.29, 1.82) is 0 Å². The number of nitrogen functional groups attached to an aromatic ring is 2. The van der Waals surface area contributed by atoms with Gasteiger partial charge < -0.3 is 30.4 Å². The number of nitrogens with two attached hydrogens (primary N) is 2. The van der Waals surface area contributed by atoms with E-state index in [2.05, 4.69) is 54.2 Å². The molecular weight excluding hydrogens is 700 g/mol. The van der Waals surface area contributed by atoms with Crippen LogP contribution in [0.1, 0.15) is 27.7 Å². The van der Waals surface area contributed by atoms with Crippen molar-refractivity contribution in [3.8, 4) is 45.3 Å². The predicted octanol–water partition coefficient (Wildman–Crippen LogP) is 8.99. The van der Waals surface area contributed by atoms with E-state index in [4.69, 9.17) is 30.4 Å².